The molecular weight excluding hydrogens is 319 g/mol. The Balaban J connectivity index is 3.11. The summed E-state index contributed by atoms with van der Waals surface area (Å²) >= 11 is 2.12. The van der Waals surface area contributed by atoms with Crippen molar-refractivity contribution in [3.8, 4) is 0 Å². The van der Waals surface area contributed by atoms with Crippen LogP contribution in [-0.2, 0) is 16.0 Å². The van der Waals surface area contributed by atoms with Gasteiger partial charge in [-0.25, -0.2) is 4.79 Å². The van der Waals surface area contributed by atoms with E-state index in [1.54, 1.807) is 19.1 Å². The van der Waals surface area contributed by atoms with Crippen molar-refractivity contribution in [2.75, 3.05) is 6.61 Å². The van der Waals surface area contributed by atoms with E-state index < -0.39 is 0 Å². The Bertz CT molecular complexity index is 413. The van der Waals surface area contributed by atoms with E-state index in [9.17, 15) is 9.59 Å². The van der Waals surface area contributed by atoms with Crippen LogP contribution >= 0.6 is 22.6 Å². The van der Waals surface area contributed by atoms with Gasteiger partial charge >= 0.3 is 5.97 Å². The van der Waals surface area contributed by atoms with Gasteiger partial charge in [0.15, 0.2) is 0 Å². The standard InChI is InChI=1S/C12H13IO3/c1-3-16-12(15)9-5-4-6-11(13)10(9)7-8(2)14/h4-6H,3,7H2,1-2H3. The minimum Gasteiger partial charge on any atom is -0.462 e. The molecule has 86 valence electrons. The number of hydrogen-bond acceptors (Lipinski definition) is 3. The van der Waals surface area contributed by atoms with Crippen LogP contribution in [0.3, 0.4) is 0 Å². The minimum absolute atomic E-state index is 0.0367. The van der Waals surface area contributed by atoms with Crippen molar-refractivity contribution in [1.29, 1.82) is 0 Å². The molecule has 0 aliphatic heterocycles. The van der Waals surface area contributed by atoms with E-state index in [1.807, 2.05) is 6.07 Å². The SMILES string of the molecule is CCOC(=O)c1cccc(I)c1CC(C)=O. The van der Waals surface area contributed by atoms with Gasteiger partial charge in [-0.05, 0) is 54.1 Å². The molecule has 0 aromatic heterocycles. The molecule has 0 N–H and O–H groups in total. The van der Waals surface area contributed by atoms with Crippen molar-refractivity contribution in [2.45, 2.75) is 20.3 Å². The number of rotatable bonds is 4. The number of benzene rings is 1. The molecular formula is C12H13IO3. The van der Waals surface area contributed by atoms with Crippen molar-refractivity contribution in [1.82, 2.24) is 0 Å². The normalized spacial score (nSPS) is 9.94. The van der Waals surface area contributed by atoms with E-state index in [4.69, 9.17) is 4.74 Å². The maximum Gasteiger partial charge on any atom is 0.338 e. The van der Waals surface area contributed by atoms with Crippen LogP contribution in [0, 0.1) is 3.57 Å². The Kier molecular flexibility index (Phi) is 4.92. The molecule has 0 atom stereocenters. The lowest BCUT2D eigenvalue weighted by Crippen LogP contribution is -2.11. The van der Waals surface area contributed by atoms with Gasteiger partial charge in [0.05, 0.1) is 12.2 Å². The number of esters is 1. The lowest BCUT2D eigenvalue weighted by atomic mass is 10.0. The molecule has 0 amide bonds. The summed E-state index contributed by atoms with van der Waals surface area (Å²) in [6.45, 7) is 3.61. The fraction of sp³-hybridized carbons (Fsp3) is 0.333. The van der Waals surface area contributed by atoms with Crippen LogP contribution in [0.4, 0.5) is 0 Å². The first-order chi connectivity index (χ1) is 7.56. The van der Waals surface area contributed by atoms with E-state index in [-0.39, 0.29) is 18.2 Å². The average molecular weight is 332 g/mol. The number of halogens is 1. The second kappa shape index (κ2) is 5.98. The van der Waals surface area contributed by atoms with Crippen molar-refractivity contribution in [3.63, 3.8) is 0 Å². The first-order valence-corrected chi connectivity index (χ1v) is 6.08. The third-order valence-corrected chi connectivity index (χ3v) is 3.05. The number of carbonyl (C=O) groups is 2. The zero-order valence-corrected chi connectivity index (χ0v) is 11.4. The summed E-state index contributed by atoms with van der Waals surface area (Å²) in [5.41, 5.74) is 1.25. The Morgan fingerprint density at radius 3 is 2.62 bits per heavy atom. The third-order valence-electron chi connectivity index (χ3n) is 2.04. The molecule has 3 nitrogen and oxygen atoms in total. The van der Waals surface area contributed by atoms with Gasteiger partial charge in [0, 0.05) is 9.99 Å². The monoisotopic (exact) mass is 332 g/mol. The van der Waals surface area contributed by atoms with Crippen molar-refractivity contribution < 1.29 is 14.3 Å². The number of ether oxygens (including phenoxy) is 1. The van der Waals surface area contributed by atoms with Crippen LogP contribution in [-0.4, -0.2) is 18.4 Å². The molecule has 0 fully saturated rings. The van der Waals surface area contributed by atoms with Crippen LogP contribution in [0.2, 0.25) is 0 Å². The van der Waals surface area contributed by atoms with E-state index in [0.29, 0.717) is 12.2 Å². The predicted molar refractivity (Wildman–Crippen MR) is 69.5 cm³/mol. The van der Waals surface area contributed by atoms with E-state index in [0.717, 1.165) is 9.13 Å². The highest BCUT2D eigenvalue weighted by molar-refractivity contribution is 14.1. The predicted octanol–water partition coefficient (Wildman–Crippen LogP) is 2.60. The third kappa shape index (κ3) is 3.30. The molecule has 0 bridgehead atoms. The molecule has 0 aliphatic carbocycles. The summed E-state index contributed by atoms with van der Waals surface area (Å²) in [6, 6.07) is 5.36. The molecule has 0 saturated carbocycles. The summed E-state index contributed by atoms with van der Waals surface area (Å²) in [4.78, 5) is 22.8. The van der Waals surface area contributed by atoms with Gasteiger partial charge in [0.2, 0.25) is 0 Å². The minimum atomic E-state index is -0.364. The summed E-state index contributed by atoms with van der Waals surface area (Å²) < 4.78 is 5.87. The highest BCUT2D eigenvalue weighted by atomic mass is 127. The van der Waals surface area contributed by atoms with Gasteiger partial charge in [-0.2, -0.15) is 0 Å². The first kappa shape index (κ1) is 13.2. The van der Waals surface area contributed by atoms with Crippen molar-refractivity contribution >= 4 is 34.3 Å². The highest BCUT2D eigenvalue weighted by Crippen LogP contribution is 2.19. The van der Waals surface area contributed by atoms with Crippen molar-refractivity contribution in [2.24, 2.45) is 0 Å². The molecule has 1 aromatic carbocycles. The zero-order valence-electron chi connectivity index (χ0n) is 9.25. The Labute approximate surface area is 108 Å². The van der Waals surface area contributed by atoms with Crippen LogP contribution in [0.15, 0.2) is 18.2 Å². The largest absolute Gasteiger partial charge is 0.462 e. The quantitative estimate of drug-likeness (QED) is 0.629. The Morgan fingerprint density at radius 2 is 2.06 bits per heavy atom. The molecule has 4 heteroatoms. The molecule has 1 rings (SSSR count). The van der Waals surface area contributed by atoms with Gasteiger partial charge in [0.1, 0.15) is 5.78 Å². The molecule has 0 spiro atoms. The Morgan fingerprint density at radius 1 is 1.38 bits per heavy atom. The summed E-state index contributed by atoms with van der Waals surface area (Å²) in [5.74, 6) is -0.327. The van der Waals surface area contributed by atoms with Gasteiger partial charge in [-0.1, -0.05) is 6.07 Å². The number of carbonyl (C=O) groups excluding carboxylic acids is 2. The topological polar surface area (TPSA) is 43.4 Å². The molecule has 0 heterocycles. The Hall–Kier alpha value is -0.910. The second-order valence-corrected chi connectivity index (χ2v) is 4.53. The average Bonchev–Trinajstić information content (AvgIpc) is 2.20. The van der Waals surface area contributed by atoms with Crippen LogP contribution < -0.4 is 0 Å². The summed E-state index contributed by atoms with van der Waals surface area (Å²) in [5, 5.41) is 0. The van der Waals surface area contributed by atoms with Gasteiger partial charge < -0.3 is 4.74 Å². The van der Waals surface area contributed by atoms with Gasteiger partial charge in [-0.3, -0.25) is 4.79 Å². The number of ketones is 1. The van der Waals surface area contributed by atoms with E-state index >= 15 is 0 Å². The van der Waals surface area contributed by atoms with Crippen LogP contribution in [0.1, 0.15) is 29.8 Å². The highest BCUT2D eigenvalue weighted by Gasteiger charge is 2.15. The number of Topliss-reactive ketones (excluding diaryl/α,β-unsaturated/α-hetero) is 1. The maximum atomic E-state index is 11.7. The van der Waals surface area contributed by atoms with Gasteiger partial charge in [-0.15, -0.1) is 0 Å². The fourth-order valence-corrected chi connectivity index (χ4v) is 2.08. The summed E-state index contributed by atoms with van der Waals surface area (Å²) in [7, 11) is 0. The molecule has 0 radical (unpaired) electrons. The molecule has 1 aromatic rings. The molecule has 16 heavy (non-hydrogen) atoms. The zero-order chi connectivity index (χ0) is 12.1. The van der Waals surface area contributed by atoms with Gasteiger partial charge in [0.25, 0.3) is 0 Å². The summed E-state index contributed by atoms with van der Waals surface area (Å²) in [6.07, 6.45) is 0.271. The van der Waals surface area contributed by atoms with E-state index in [2.05, 4.69) is 22.6 Å². The molecule has 0 unspecified atom stereocenters. The van der Waals surface area contributed by atoms with Crippen LogP contribution in [0.25, 0.3) is 0 Å². The first-order valence-electron chi connectivity index (χ1n) is 5.00. The molecule has 0 aliphatic rings. The lowest BCUT2D eigenvalue weighted by molar-refractivity contribution is -0.116. The maximum absolute atomic E-state index is 11.7. The van der Waals surface area contributed by atoms with Crippen molar-refractivity contribution in [3.05, 3.63) is 32.9 Å². The van der Waals surface area contributed by atoms with Crippen LogP contribution in [0.5, 0.6) is 0 Å². The number of hydrogen-bond donors (Lipinski definition) is 0. The lowest BCUT2D eigenvalue weighted by Gasteiger charge is -2.09. The molecule has 0 saturated heterocycles. The van der Waals surface area contributed by atoms with E-state index in [1.165, 1.54) is 6.92 Å². The second-order valence-electron chi connectivity index (χ2n) is 3.37. The smallest absolute Gasteiger partial charge is 0.338 e. The fourth-order valence-electron chi connectivity index (χ4n) is 1.39.